The van der Waals surface area contributed by atoms with Gasteiger partial charge in [-0.15, -0.1) is 0 Å². The van der Waals surface area contributed by atoms with E-state index in [1.165, 1.54) is 25.8 Å². The third-order valence-electron chi connectivity index (χ3n) is 5.77. The highest BCUT2D eigenvalue weighted by Crippen LogP contribution is 2.35. The fraction of sp³-hybridized carbons (Fsp3) is 0.938. The van der Waals surface area contributed by atoms with Crippen molar-refractivity contribution in [2.75, 3.05) is 19.6 Å². The van der Waals surface area contributed by atoms with E-state index in [2.05, 4.69) is 23.6 Å². The maximum absolute atomic E-state index is 13.0. The van der Waals surface area contributed by atoms with Crippen LogP contribution < -0.4 is 5.73 Å². The molecule has 1 amide bonds. The normalized spacial score (nSPS) is 42.5. The molecule has 2 N–H and O–H groups in total. The summed E-state index contributed by atoms with van der Waals surface area (Å²) in [5, 5.41) is 0. The van der Waals surface area contributed by atoms with Gasteiger partial charge in [0.2, 0.25) is 5.91 Å². The number of amides is 1. The lowest BCUT2D eigenvalue weighted by molar-refractivity contribution is -0.144. The van der Waals surface area contributed by atoms with Gasteiger partial charge in [-0.1, -0.05) is 12.8 Å². The lowest BCUT2D eigenvalue weighted by Crippen LogP contribution is -2.61. The Bertz CT molecular complexity index is 382. The Labute approximate surface area is 122 Å². The van der Waals surface area contributed by atoms with Gasteiger partial charge < -0.3 is 10.6 Å². The molecule has 0 aromatic heterocycles. The van der Waals surface area contributed by atoms with Crippen LogP contribution in [-0.2, 0) is 4.79 Å². The molecule has 4 unspecified atom stereocenters. The van der Waals surface area contributed by atoms with Crippen LogP contribution in [0.1, 0.15) is 52.4 Å². The number of fused-ring (bicyclic) bond motifs is 1. The van der Waals surface area contributed by atoms with E-state index in [9.17, 15) is 4.79 Å². The second-order valence-electron chi connectivity index (χ2n) is 7.43. The maximum Gasteiger partial charge on any atom is 0.227 e. The first-order valence-corrected chi connectivity index (χ1v) is 8.32. The Balaban J connectivity index is 1.72. The number of rotatable bonds is 1. The maximum atomic E-state index is 13.0. The van der Waals surface area contributed by atoms with Crippen molar-refractivity contribution in [3.05, 3.63) is 0 Å². The van der Waals surface area contributed by atoms with Gasteiger partial charge in [-0.2, -0.15) is 0 Å². The third kappa shape index (κ3) is 2.48. The zero-order valence-electron chi connectivity index (χ0n) is 13.0. The summed E-state index contributed by atoms with van der Waals surface area (Å²) in [6, 6.07) is 0.942. The standard InChI is InChI=1S/C16H29N3O/c1-12-10-18-9-5-6-13(18)11-19(12)15(20)14-7-3-4-8-16(14,2)17/h12-14H,3-11,17H2,1-2H3. The van der Waals surface area contributed by atoms with Gasteiger partial charge in [0, 0.05) is 30.7 Å². The van der Waals surface area contributed by atoms with E-state index in [0.717, 1.165) is 32.4 Å². The molecule has 4 nitrogen and oxygen atoms in total. The minimum Gasteiger partial charge on any atom is -0.337 e. The van der Waals surface area contributed by atoms with Crippen molar-refractivity contribution in [1.82, 2.24) is 9.80 Å². The van der Waals surface area contributed by atoms with Crippen molar-refractivity contribution in [2.24, 2.45) is 11.7 Å². The Morgan fingerprint density at radius 2 is 2.00 bits per heavy atom. The molecular formula is C16H29N3O. The highest BCUT2D eigenvalue weighted by Gasteiger charge is 2.43. The summed E-state index contributed by atoms with van der Waals surface area (Å²) >= 11 is 0. The quantitative estimate of drug-likeness (QED) is 0.793. The molecule has 2 aliphatic heterocycles. The minimum absolute atomic E-state index is 0.0339. The van der Waals surface area contributed by atoms with E-state index in [1.54, 1.807) is 0 Å². The molecule has 0 aromatic rings. The Morgan fingerprint density at radius 1 is 1.20 bits per heavy atom. The van der Waals surface area contributed by atoms with Crippen LogP contribution in [0.15, 0.2) is 0 Å². The molecule has 114 valence electrons. The highest BCUT2D eigenvalue weighted by molar-refractivity contribution is 5.81. The average molecular weight is 279 g/mol. The van der Waals surface area contributed by atoms with Crippen LogP contribution in [0.25, 0.3) is 0 Å². The number of carbonyl (C=O) groups is 1. The third-order valence-corrected chi connectivity index (χ3v) is 5.77. The fourth-order valence-corrected chi connectivity index (χ4v) is 4.46. The molecule has 3 rings (SSSR count). The lowest BCUT2D eigenvalue weighted by Gasteiger charge is -2.46. The first-order chi connectivity index (χ1) is 9.49. The molecule has 2 saturated heterocycles. The first kappa shape index (κ1) is 14.3. The summed E-state index contributed by atoms with van der Waals surface area (Å²) in [7, 11) is 0. The van der Waals surface area contributed by atoms with Crippen LogP contribution in [0.5, 0.6) is 0 Å². The second-order valence-corrected chi connectivity index (χ2v) is 7.43. The van der Waals surface area contributed by atoms with Crippen molar-refractivity contribution in [1.29, 1.82) is 0 Å². The molecule has 0 bridgehead atoms. The number of nitrogens with zero attached hydrogens (tertiary/aromatic N) is 2. The van der Waals surface area contributed by atoms with Gasteiger partial charge in [0.15, 0.2) is 0 Å². The Hall–Kier alpha value is -0.610. The molecule has 1 aliphatic carbocycles. The van der Waals surface area contributed by atoms with Crippen molar-refractivity contribution < 1.29 is 4.79 Å². The van der Waals surface area contributed by atoms with Crippen LogP contribution in [0.3, 0.4) is 0 Å². The van der Waals surface area contributed by atoms with Gasteiger partial charge in [0.25, 0.3) is 0 Å². The van der Waals surface area contributed by atoms with Crippen molar-refractivity contribution in [3.63, 3.8) is 0 Å². The monoisotopic (exact) mass is 279 g/mol. The summed E-state index contributed by atoms with van der Waals surface area (Å²) < 4.78 is 0. The molecule has 4 atom stereocenters. The van der Waals surface area contributed by atoms with Gasteiger partial charge in [0.1, 0.15) is 0 Å². The van der Waals surface area contributed by atoms with E-state index >= 15 is 0 Å². The highest BCUT2D eigenvalue weighted by atomic mass is 16.2. The van der Waals surface area contributed by atoms with Crippen LogP contribution in [0.4, 0.5) is 0 Å². The van der Waals surface area contributed by atoms with E-state index < -0.39 is 0 Å². The van der Waals surface area contributed by atoms with Crippen molar-refractivity contribution in [2.45, 2.75) is 70.0 Å². The van der Waals surface area contributed by atoms with Crippen LogP contribution in [0, 0.1) is 5.92 Å². The topological polar surface area (TPSA) is 49.6 Å². The molecule has 0 spiro atoms. The predicted molar refractivity (Wildman–Crippen MR) is 80.3 cm³/mol. The molecule has 4 heteroatoms. The molecular weight excluding hydrogens is 250 g/mol. The minimum atomic E-state index is -0.304. The number of piperazine rings is 1. The summed E-state index contributed by atoms with van der Waals surface area (Å²) in [6.07, 6.45) is 6.83. The van der Waals surface area contributed by atoms with E-state index in [4.69, 9.17) is 5.73 Å². The largest absolute Gasteiger partial charge is 0.337 e. The van der Waals surface area contributed by atoms with Gasteiger partial charge in [-0.3, -0.25) is 9.69 Å². The summed E-state index contributed by atoms with van der Waals surface area (Å²) in [4.78, 5) is 17.7. The molecule has 0 radical (unpaired) electrons. The summed E-state index contributed by atoms with van der Waals surface area (Å²) in [6.45, 7) is 7.46. The lowest BCUT2D eigenvalue weighted by atomic mass is 9.73. The first-order valence-electron chi connectivity index (χ1n) is 8.32. The molecule has 0 aromatic carbocycles. The van der Waals surface area contributed by atoms with E-state index in [0.29, 0.717) is 18.0 Å². The van der Waals surface area contributed by atoms with Gasteiger partial charge in [-0.25, -0.2) is 0 Å². The van der Waals surface area contributed by atoms with Gasteiger partial charge >= 0.3 is 0 Å². The fourth-order valence-electron chi connectivity index (χ4n) is 4.46. The molecule has 3 aliphatic rings. The molecule has 1 saturated carbocycles. The SMILES string of the molecule is CC1CN2CCCC2CN1C(=O)C1CCCCC1(C)N. The zero-order chi connectivity index (χ0) is 14.3. The number of carbonyl (C=O) groups excluding carboxylic acids is 1. The van der Waals surface area contributed by atoms with Crippen LogP contribution in [0.2, 0.25) is 0 Å². The summed E-state index contributed by atoms with van der Waals surface area (Å²) in [5.74, 6) is 0.361. The number of nitrogens with two attached hydrogens (primary N) is 1. The van der Waals surface area contributed by atoms with Gasteiger partial charge in [-0.05, 0) is 46.1 Å². The van der Waals surface area contributed by atoms with E-state index in [-0.39, 0.29) is 11.5 Å². The van der Waals surface area contributed by atoms with E-state index in [1.807, 2.05) is 0 Å². The molecule has 20 heavy (non-hydrogen) atoms. The zero-order valence-corrected chi connectivity index (χ0v) is 13.0. The van der Waals surface area contributed by atoms with Crippen molar-refractivity contribution in [3.8, 4) is 0 Å². The molecule has 2 heterocycles. The number of hydrogen-bond acceptors (Lipinski definition) is 3. The van der Waals surface area contributed by atoms with Crippen molar-refractivity contribution >= 4 is 5.91 Å². The molecule has 3 fully saturated rings. The predicted octanol–water partition coefficient (Wildman–Crippen LogP) is 1.59. The van der Waals surface area contributed by atoms with Gasteiger partial charge in [0.05, 0.1) is 5.92 Å². The second kappa shape index (κ2) is 5.30. The number of hydrogen-bond donors (Lipinski definition) is 1. The Morgan fingerprint density at radius 3 is 2.75 bits per heavy atom. The van der Waals surface area contributed by atoms with Crippen LogP contribution >= 0.6 is 0 Å². The van der Waals surface area contributed by atoms with Crippen LogP contribution in [-0.4, -0.2) is 53.0 Å². The summed E-state index contributed by atoms with van der Waals surface area (Å²) in [5.41, 5.74) is 6.12. The average Bonchev–Trinajstić information content (AvgIpc) is 2.83. The Kier molecular flexibility index (Phi) is 3.80. The smallest absolute Gasteiger partial charge is 0.227 e.